The molecular weight excluding hydrogens is 278 g/mol. The van der Waals surface area contributed by atoms with Gasteiger partial charge in [0.2, 0.25) is 0 Å². The van der Waals surface area contributed by atoms with Crippen molar-refractivity contribution in [1.82, 2.24) is 5.32 Å². The van der Waals surface area contributed by atoms with Gasteiger partial charge in [-0.3, -0.25) is 0 Å². The second-order valence-corrected chi connectivity index (χ2v) is 7.30. The third-order valence-corrected chi connectivity index (χ3v) is 6.95. The predicted molar refractivity (Wildman–Crippen MR) is 52.1 cm³/mol. The Morgan fingerprint density at radius 3 is 2.50 bits per heavy atom. The van der Waals surface area contributed by atoms with Crippen molar-refractivity contribution in [3.63, 3.8) is 0 Å². The van der Waals surface area contributed by atoms with Gasteiger partial charge in [0.05, 0.1) is 0 Å². The molecule has 1 unspecified atom stereocenters. The first-order chi connectivity index (χ1) is 8.23. The Kier molecular flexibility index (Phi) is 1.95. The Bertz CT molecular complexity index is 472. The monoisotopic (exact) mass is 287 g/mol. The predicted octanol–water partition coefficient (Wildman–Crippen LogP) is 2.18. The van der Waals surface area contributed by atoms with Gasteiger partial charge >= 0.3 is 98.4 Å². The van der Waals surface area contributed by atoms with Crippen molar-refractivity contribution >= 4 is 13.6 Å². The molecule has 3 aliphatic heterocycles. The van der Waals surface area contributed by atoms with Gasteiger partial charge in [-0.1, -0.05) is 0 Å². The Morgan fingerprint density at radius 1 is 1.33 bits per heavy atom. The van der Waals surface area contributed by atoms with Gasteiger partial charge in [-0.25, -0.2) is 0 Å². The van der Waals surface area contributed by atoms with Crippen LogP contribution in [-0.2, 0) is 18.1 Å². The topological polar surface area (TPSA) is 66.0 Å². The fraction of sp³-hybridized carbons (Fsp3) is 0.625. The molecule has 2 saturated heterocycles. The van der Waals surface area contributed by atoms with E-state index < -0.39 is 25.1 Å². The van der Waals surface area contributed by atoms with E-state index in [-0.39, 0.29) is 19.0 Å². The quantitative estimate of drug-likeness (QED) is 0.692. The number of halogens is 3. The Labute approximate surface area is 99.3 Å². The third kappa shape index (κ3) is 1.04. The summed E-state index contributed by atoms with van der Waals surface area (Å²) in [5.41, 5.74) is 0. The van der Waals surface area contributed by atoms with Gasteiger partial charge in [-0.15, -0.1) is 0 Å². The Hall–Kier alpha value is -1.05. The summed E-state index contributed by atoms with van der Waals surface area (Å²) in [6.45, 7) is 1.05. The first kappa shape index (κ1) is 12.0. The molecule has 3 aliphatic rings. The van der Waals surface area contributed by atoms with Crippen LogP contribution in [0.25, 0.3) is 0 Å². The molecule has 1 atom stereocenters. The van der Waals surface area contributed by atoms with Gasteiger partial charge in [-0.2, -0.15) is 0 Å². The Morgan fingerprint density at radius 2 is 1.94 bits per heavy atom. The van der Waals surface area contributed by atoms with Crippen LogP contribution in [0.5, 0.6) is 0 Å². The number of carbonyl (C=O) groups is 1. The van der Waals surface area contributed by atoms with Crippen LogP contribution in [0.2, 0.25) is 0 Å². The minimum absolute atomic E-state index is 0.0631. The van der Waals surface area contributed by atoms with Crippen molar-refractivity contribution in [1.29, 1.82) is 0 Å². The summed E-state index contributed by atoms with van der Waals surface area (Å²) < 4.78 is 60.3. The van der Waals surface area contributed by atoms with Crippen LogP contribution in [0, 0.1) is 0 Å². The first-order valence-electron chi connectivity index (χ1n) is 5.04. The average Bonchev–Trinajstić information content (AvgIpc) is 2.75. The zero-order valence-electron chi connectivity index (χ0n) is 9.11. The number of rotatable bonds is 0. The molecule has 0 saturated carbocycles. The summed E-state index contributed by atoms with van der Waals surface area (Å²) in [7, 11) is -5.06. The average molecular weight is 287 g/mol. The van der Waals surface area contributed by atoms with Crippen molar-refractivity contribution in [2.24, 2.45) is 0 Å². The van der Waals surface area contributed by atoms with Crippen LogP contribution in [-0.4, -0.2) is 30.8 Å². The molecule has 6 nitrogen and oxygen atoms in total. The summed E-state index contributed by atoms with van der Waals surface area (Å²) in [5.74, 6) is -0.0631. The molecule has 2 fully saturated rings. The number of hydrogen-bond acceptors (Lipinski definition) is 5. The van der Waals surface area contributed by atoms with Crippen LogP contribution < -0.4 is 5.32 Å². The van der Waals surface area contributed by atoms with E-state index >= 15 is 0 Å². The molecule has 0 radical (unpaired) electrons. The molecule has 1 N–H and O–H groups in total. The molecular formula is C8H9F3NO5P. The van der Waals surface area contributed by atoms with E-state index in [1.165, 1.54) is 6.92 Å². The SMILES string of the molecule is CC1=CC2(C(F)(F)F)NC(=O)OP23(OCCO3)O1. The van der Waals surface area contributed by atoms with Gasteiger partial charge in [0.15, 0.2) is 0 Å². The maximum absolute atomic E-state index is 13.4. The Balaban J connectivity index is 2.27. The molecule has 0 bridgehead atoms. The van der Waals surface area contributed by atoms with Gasteiger partial charge in [0.25, 0.3) is 0 Å². The second kappa shape index (κ2) is 2.92. The summed E-state index contributed by atoms with van der Waals surface area (Å²) in [4.78, 5) is 11.3. The number of allylic oxidation sites excluding steroid dienone is 1. The van der Waals surface area contributed by atoms with Gasteiger partial charge < -0.3 is 0 Å². The van der Waals surface area contributed by atoms with E-state index in [0.717, 1.165) is 6.08 Å². The molecule has 102 valence electrons. The summed E-state index contributed by atoms with van der Waals surface area (Å²) in [6, 6.07) is 0. The van der Waals surface area contributed by atoms with Crippen LogP contribution in [0.4, 0.5) is 18.0 Å². The van der Waals surface area contributed by atoms with Crippen LogP contribution in [0.3, 0.4) is 0 Å². The fourth-order valence-electron chi connectivity index (χ4n) is 2.38. The maximum atomic E-state index is 13.4. The number of hydrogen-bond donors (Lipinski definition) is 1. The summed E-state index contributed by atoms with van der Waals surface area (Å²) >= 11 is 0. The third-order valence-electron chi connectivity index (χ3n) is 2.97. The molecule has 0 aliphatic carbocycles. The fourth-order valence-corrected chi connectivity index (χ4v) is 6.14. The molecule has 3 rings (SSSR count). The number of alkyl halides is 3. The van der Waals surface area contributed by atoms with Crippen molar-refractivity contribution in [3.8, 4) is 0 Å². The molecule has 0 aromatic heterocycles. The van der Waals surface area contributed by atoms with Crippen LogP contribution in [0.1, 0.15) is 6.92 Å². The van der Waals surface area contributed by atoms with E-state index in [9.17, 15) is 18.0 Å². The molecule has 18 heavy (non-hydrogen) atoms. The van der Waals surface area contributed by atoms with Crippen molar-refractivity contribution in [2.45, 2.75) is 18.4 Å². The van der Waals surface area contributed by atoms with E-state index in [4.69, 9.17) is 18.1 Å². The van der Waals surface area contributed by atoms with Crippen LogP contribution in [0.15, 0.2) is 11.8 Å². The van der Waals surface area contributed by atoms with E-state index in [1.54, 1.807) is 5.32 Å². The second-order valence-electron chi connectivity index (χ2n) is 4.09. The summed E-state index contributed by atoms with van der Waals surface area (Å²) in [6.07, 6.45) is -5.39. The van der Waals surface area contributed by atoms with E-state index in [1.807, 2.05) is 0 Å². The normalized spacial score (nSPS) is 38.1. The van der Waals surface area contributed by atoms with Crippen molar-refractivity contribution in [3.05, 3.63) is 11.8 Å². The van der Waals surface area contributed by atoms with Crippen molar-refractivity contribution < 1.29 is 36.1 Å². The number of amides is 1. The van der Waals surface area contributed by atoms with Crippen LogP contribution >= 0.6 is 7.51 Å². The summed E-state index contributed by atoms with van der Waals surface area (Å²) in [5, 5.41) is -1.14. The molecule has 10 heteroatoms. The minimum atomic E-state index is -5.06. The molecule has 1 spiro atoms. The molecule has 0 aromatic rings. The standard InChI is InChI=1S/C8H9F3NO5P/c1-5-4-7(8(9,10)11)12-6(13)17-18(7,16-5)14-2-3-15-18/h4H,2-3H2,1H3,(H,12,13). The zero-order chi connectivity index (χ0) is 13.3. The number of carbonyl (C=O) groups excluding carboxylic acids is 1. The zero-order valence-corrected chi connectivity index (χ0v) is 10.0. The van der Waals surface area contributed by atoms with E-state index in [0.29, 0.717) is 0 Å². The van der Waals surface area contributed by atoms with Gasteiger partial charge in [-0.05, 0) is 0 Å². The molecule has 0 aromatic carbocycles. The van der Waals surface area contributed by atoms with Gasteiger partial charge in [0.1, 0.15) is 0 Å². The first-order valence-corrected chi connectivity index (χ1v) is 6.95. The van der Waals surface area contributed by atoms with Gasteiger partial charge in [0, 0.05) is 0 Å². The molecule has 1 amide bonds. The van der Waals surface area contributed by atoms with Crippen molar-refractivity contribution in [2.75, 3.05) is 13.2 Å². The van der Waals surface area contributed by atoms with E-state index in [2.05, 4.69) is 0 Å². The number of nitrogens with one attached hydrogen (secondary N) is 1. The molecule has 3 heterocycles.